The number of amides is 1. The van der Waals surface area contributed by atoms with Gasteiger partial charge in [-0.15, -0.1) is 22.0 Å². The van der Waals surface area contributed by atoms with Gasteiger partial charge in [0.25, 0.3) is 0 Å². The predicted molar refractivity (Wildman–Crippen MR) is 145 cm³/mol. The highest BCUT2D eigenvalue weighted by Gasteiger charge is 2.65. The van der Waals surface area contributed by atoms with E-state index < -0.39 is 85.6 Å². The van der Waals surface area contributed by atoms with E-state index in [1.807, 2.05) is 0 Å². The van der Waals surface area contributed by atoms with Crippen molar-refractivity contribution in [3.05, 3.63) is 29.8 Å². The Morgan fingerprint density at radius 2 is 1.64 bits per heavy atom. The average molecular weight is 656 g/mol. The van der Waals surface area contributed by atoms with Gasteiger partial charge < -0.3 is 55.3 Å². The van der Waals surface area contributed by atoms with Crippen LogP contribution in [0.3, 0.4) is 0 Å². The van der Waals surface area contributed by atoms with E-state index in [1.54, 1.807) is 0 Å². The summed E-state index contributed by atoms with van der Waals surface area (Å²) in [7, 11) is 0. The lowest BCUT2D eigenvalue weighted by molar-refractivity contribution is -0.338. The molecule has 0 aliphatic carbocycles. The minimum Gasteiger partial charge on any atom is -0.394 e. The zero-order chi connectivity index (χ0) is 32.2. The van der Waals surface area contributed by atoms with Gasteiger partial charge in [-0.25, -0.2) is 0 Å². The van der Waals surface area contributed by atoms with Gasteiger partial charge in [0.05, 0.1) is 13.2 Å². The van der Waals surface area contributed by atoms with Crippen LogP contribution in [0.1, 0.15) is 31.2 Å². The number of hydrogen-bond acceptors (Lipinski definition) is 14. The van der Waals surface area contributed by atoms with Gasteiger partial charge in [-0.1, -0.05) is 18.6 Å². The molecule has 8 N–H and O–H groups in total. The van der Waals surface area contributed by atoms with Gasteiger partial charge in [0, 0.05) is 17.7 Å². The Balaban J connectivity index is 1.18. The Hall–Kier alpha value is -1.97. The molecular formula is C26H36F3N3O11S. The van der Waals surface area contributed by atoms with Crippen LogP contribution in [-0.2, 0) is 24.7 Å². The number of benzene rings is 1. The van der Waals surface area contributed by atoms with E-state index in [1.165, 1.54) is 24.3 Å². The maximum atomic E-state index is 13.2. The first-order valence-electron chi connectivity index (χ1n) is 13.9. The lowest BCUT2D eigenvalue weighted by Crippen LogP contribution is -2.64. The Morgan fingerprint density at radius 1 is 0.932 bits per heavy atom. The van der Waals surface area contributed by atoms with E-state index in [9.17, 15) is 53.7 Å². The fourth-order valence-corrected chi connectivity index (χ4v) is 6.12. The average Bonchev–Trinajstić information content (AvgIpc) is 3.81. The predicted octanol–water partition coefficient (Wildman–Crippen LogP) is -0.276. The summed E-state index contributed by atoms with van der Waals surface area (Å²) in [5.74, 6) is 0.0621. The number of carbonyl (C=O) groups is 1. The topological polar surface area (TPSA) is 223 Å². The lowest BCUT2D eigenvalue weighted by Gasteiger charge is -2.46. The molecule has 3 heterocycles. The summed E-state index contributed by atoms with van der Waals surface area (Å²) in [5.41, 5.74) is -3.53. The number of halogens is 3. The molecule has 44 heavy (non-hydrogen) atoms. The minimum absolute atomic E-state index is 0.110. The van der Waals surface area contributed by atoms with E-state index in [-0.39, 0.29) is 23.6 Å². The van der Waals surface area contributed by atoms with Gasteiger partial charge in [-0.3, -0.25) is 4.79 Å². The second-order valence-electron chi connectivity index (χ2n) is 10.7. The smallest absolute Gasteiger partial charge is 0.394 e. The fraction of sp³-hybridized carbons (Fsp3) is 0.731. The van der Waals surface area contributed by atoms with Crippen LogP contribution in [0.15, 0.2) is 34.5 Å². The molecule has 2 fully saturated rings. The van der Waals surface area contributed by atoms with E-state index in [2.05, 4.69) is 15.5 Å². The number of anilines is 1. The van der Waals surface area contributed by atoms with Crippen LogP contribution in [0.2, 0.25) is 0 Å². The Morgan fingerprint density at radius 3 is 2.27 bits per heavy atom. The molecule has 0 bridgehead atoms. The first-order chi connectivity index (χ1) is 20.8. The van der Waals surface area contributed by atoms with Crippen molar-refractivity contribution in [1.29, 1.82) is 0 Å². The van der Waals surface area contributed by atoms with Gasteiger partial charge in [0.1, 0.15) is 54.3 Å². The third kappa shape index (κ3) is 7.69. The number of thioether (sulfide) groups is 1. The molecule has 248 valence electrons. The minimum atomic E-state index is -4.67. The molecule has 4 rings (SSSR count). The summed E-state index contributed by atoms with van der Waals surface area (Å²) >= 11 is 1.16. The lowest BCUT2D eigenvalue weighted by atomic mass is 9.97. The highest BCUT2D eigenvalue weighted by Crippen LogP contribution is 2.52. The van der Waals surface area contributed by atoms with Gasteiger partial charge in [0.15, 0.2) is 6.29 Å². The van der Waals surface area contributed by atoms with Crippen molar-refractivity contribution in [2.75, 3.05) is 24.3 Å². The van der Waals surface area contributed by atoms with Crippen molar-refractivity contribution in [3.63, 3.8) is 0 Å². The highest BCUT2D eigenvalue weighted by atomic mass is 32.2. The largest absolute Gasteiger partial charge is 0.442 e. The maximum absolute atomic E-state index is 13.2. The van der Waals surface area contributed by atoms with Gasteiger partial charge >= 0.3 is 11.8 Å². The van der Waals surface area contributed by atoms with Crippen LogP contribution in [0.5, 0.6) is 0 Å². The van der Waals surface area contributed by atoms with Crippen molar-refractivity contribution >= 4 is 23.4 Å². The van der Waals surface area contributed by atoms with Gasteiger partial charge in [-0.2, -0.15) is 13.2 Å². The molecular weight excluding hydrogens is 619 g/mol. The van der Waals surface area contributed by atoms with Crippen LogP contribution >= 0.6 is 11.8 Å². The first kappa shape index (κ1) is 34.9. The molecule has 0 radical (unpaired) electrons. The van der Waals surface area contributed by atoms with E-state index in [0.717, 1.165) is 11.8 Å². The molecule has 3 aliphatic heterocycles. The summed E-state index contributed by atoms with van der Waals surface area (Å²) in [5, 5.41) is 79.5. The Kier molecular flexibility index (Phi) is 11.6. The van der Waals surface area contributed by atoms with Crippen LogP contribution in [0.4, 0.5) is 18.9 Å². The number of nitrogens with zero attached hydrogens (tertiary/aromatic N) is 2. The maximum Gasteiger partial charge on any atom is 0.442 e. The third-order valence-corrected chi connectivity index (χ3v) is 8.78. The van der Waals surface area contributed by atoms with Crippen molar-refractivity contribution in [2.45, 2.75) is 98.1 Å². The summed E-state index contributed by atoms with van der Waals surface area (Å²) in [4.78, 5) is 12.3. The van der Waals surface area contributed by atoms with Crippen molar-refractivity contribution in [3.8, 4) is 0 Å². The third-order valence-electron chi connectivity index (χ3n) is 7.53. The number of aliphatic hydroxyl groups excluding tert-OH is 7. The molecule has 0 spiro atoms. The summed E-state index contributed by atoms with van der Waals surface area (Å²) < 4.78 is 56.3. The van der Waals surface area contributed by atoms with Gasteiger partial charge in [-0.05, 0) is 30.7 Å². The molecule has 0 unspecified atom stereocenters. The molecule has 0 saturated carbocycles. The molecule has 1 aromatic rings. The van der Waals surface area contributed by atoms with Crippen LogP contribution in [0.25, 0.3) is 0 Å². The van der Waals surface area contributed by atoms with E-state index >= 15 is 0 Å². The van der Waals surface area contributed by atoms with Crippen molar-refractivity contribution in [2.24, 2.45) is 10.2 Å². The number of nitrogens with one attached hydrogen (secondary N) is 1. The molecule has 0 aromatic heterocycles. The number of carbonyl (C=O) groups excluding carboxylic acids is 1. The summed E-state index contributed by atoms with van der Waals surface area (Å²) in [6.07, 6.45) is -16.5. The molecule has 10 atom stereocenters. The van der Waals surface area contributed by atoms with Crippen LogP contribution < -0.4 is 5.32 Å². The second-order valence-corrected chi connectivity index (χ2v) is 11.9. The molecule has 1 amide bonds. The zero-order valence-corrected chi connectivity index (χ0v) is 24.0. The summed E-state index contributed by atoms with van der Waals surface area (Å²) in [6, 6.07) is 5.27. The number of unbranched alkanes of at least 4 members (excludes halogenated alkanes) is 2. The molecule has 1 aromatic carbocycles. The first-order valence-corrected chi connectivity index (χ1v) is 15.0. The van der Waals surface area contributed by atoms with E-state index in [4.69, 9.17) is 14.2 Å². The van der Waals surface area contributed by atoms with Crippen LogP contribution in [0, 0.1) is 0 Å². The van der Waals surface area contributed by atoms with E-state index in [0.29, 0.717) is 25.0 Å². The molecule has 18 heteroatoms. The zero-order valence-electron chi connectivity index (χ0n) is 23.2. The standard InChI is InChI=1S/C26H36F3N3O11S/c27-26(28,29)25(31-32-25)12-5-4-6-13(9-12)30-16(35)7-2-1-3-8-44-24-21(40)19(38)22(15(11-34)42-24)43-23-20(39)18(37)17(36)14(10-33)41-23/h4-6,9,14-15,17-24,33-34,36-40H,1-3,7-8,10-11H2,(H,30,35)/t14-,15-,17+,18+,19-,20-,21-,22-,23+,24+/m1/s1. The number of alkyl halides is 3. The number of rotatable bonds is 13. The fourth-order valence-electron chi connectivity index (χ4n) is 4.94. The second kappa shape index (κ2) is 14.6. The van der Waals surface area contributed by atoms with Crippen molar-refractivity contribution in [1.82, 2.24) is 0 Å². The normalized spacial score (nSPS) is 35.0. The summed E-state index contributed by atoms with van der Waals surface area (Å²) in [6.45, 7) is -1.33. The number of hydrogen-bond donors (Lipinski definition) is 8. The highest BCUT2D eigenvalue weighted by molar-refractivity contribution is 7.99. The SMILES string of the molecule is O=C(CCCCCS[C@@H]1O[C@H](CO)[C@@H](O[C@@H]2O[C@H](CO)[C@H](O)[C@H](O)[C@H]2O)[C@H](O)[C@H]1O)Nc1cccc(C2(C(F)(F)F)N=N2)c1. The number of ether oxygens (including phenoxy) is 3. The molecule has 3 aliphatic rings. The Labute approximate surface area is 253 Å². The quantitative estimate of drug-likeness (QED) is 0.129. The molecule has 14 nitrogen and oxygen atoms in total. The number of aliphatic hydroxyl groups is 7. The Bertz CT molecular complexity index is 1140. The van der Waals surface area contributed by atoms with Crippen LogP contribution in [-0.4, -0.2) is 127 Å². The van der Waals surface area contributed by atoms with Gasteiger partial charge in [0.2, 0.25) is 5.91 Å². The van der Waals surface area contributed by atoms with Crippen molar-refractivity contribution < 1.29 is 67.9 Å². The molecule has 2 saturated heterocycles. The monoisotopic (exact) mass is 655 g/mol.